The monoisotopic (exact) mass is 398 g/mol. The van der Waals surface area contributed by atoms with E-state index in [1.165, 1.54) is 4.90 Å². The van der Waals surface area contributed by atoms with Crippen molar-refractivity contribution in [2.45, 2.75) is 37.8 Å². The van der Waals surface area contributed by atoms with Gasteiger partial charge in [-0.25, -0.2) is 13.2 Å². The molecule has 2 unspecified atom stereocenters. The van der Waals surface area contributed by atoms with Crippen molar-refractivity contribution in [2.75, 3.05) is 19.6 Å². The molecule has 1 fully saturated rings. The molecule has 0 aromatic heterocycles. The summed E-state index contributed by atoms with van der Waals surface area (Å²) in [6.45, 7) is -0.233. The summed E-state index contributed by atoms with van der Waals surface area (Å²) in [4.78, 5) is 14.4. The Kier molecular flexibility index (Phi) is 6.71. The number of hydrogen-bond acceptors (Lipinski definition) is 4. The molecule has 1 saturated heterocycles. The van der Waals surface area contributed by atoms with Gasteiger partial charge >= 0.3 is 6.18 Å². The minimum Gasteiger partial charge on any atom is -0.339 e. The average molecular weight is 398 g/mol. The number of carbonyl (C=O) groups excluding carboxylic acids is 1. The molecule has 5 nitrogen and oxygen atoms in total. The molecule has 1 aliphatic heterocycles. The summed E-state index contributed by atoms with van der Waals surface area (Å²) in [6.07, 6.45) is -7.75. The van der Waals surface area contributed by atoms with Crippen molar-refractivity contribution in [1.29, 1.82) is 0 Å². The first-order valence-corrected chi connectivity index (χ1v) is 8.25. The molecule has 1 amide bonds. The van der Waals surface area contributed by atoms with E-state index in [1.807, 2.05) is 0 Å². The highest BCUT2D eigenvalue weighted by Crippen LogP contribution is 2.24. The van der Waals surface area contributed by atoms with Gasteiger partial charge < -0.3 is 16.4 Å². The minimum absolute atomic E-state index is 0.0136. The number of benzene rings is 1. The Bertz CT molecular complexity index is 684. The van der Waals surface area contributed by atoms with Gasteiger partial charge in [0.2, 0.25) is 5.91 Å². The Labute approximate surface area is 151 Å². The van der Waals surface area contributed by atoms with Gasteiger partial charge in [-0.05, 0) is 24.5 Å². The van der Waals surface area contributed by atoms with Gasteiger partial charge in [-0.2, -0.15) is 13.2 Å². The smallest absolute Gasteiger partial charge is 0.339 e. The van der Waals surface area contributed by atoms with E-state index in [1.54, 1.807) is 0 Å². The maximum Gasteiger partial charge on any atom is 0.417 e. The van der Waals surface area contributed by atoms with Gasteiger partial charge in [-0.15, -0.1) is 0 Å². The van der Waals surface area contributed by atoms with Gasteiger partial charge in [0.15, 0.2) is 17.8 Å². The van der Waals surface area contributed by atoms with Gasteiger partial charge in [-0.3, -0.25) is 9.69 Å². The highest BCUT2D eigenvalue weighted by molar-refractivity contribution is 5.76. The van der Waals surface area contributed by atoms with Crippen molar-refractivity contribution in [2.24, 2.45) is 11.5 Å². The zero-order chi connectivity index (χ0) is 20.4. The van der Waals surface area contributed by atoms with Crippen LogP contribution in [-0.2, 0) is 11.2 Å². The first-order chi connectivity index (χ1) is 12.5. The number of nitrogens with zero attached hydrogens (tertiary/aromatic N) is 2. The number of piperazine rings is 1. The van der Waals surface area contributed by atoms with Crippen LogP contribution in [0.3, 0.4) is 0 Å². The van der Waals surface area contributed by atoms with E-state index in [0.717, 1.165) is 11.0 Å². The summed E-state index contributed by atoms with van der Waals surface area (Å²) in [6, 6.07) is 1.18. The van der Waals surface area contributed by atoms with Crippen LogP contribution in [0.15, 0.2) is 12.1 Å². The van der Waals surface area contributed by atoms with Gasteiger partial charge in [0, 0.05) is 32.1 Å². The number of nitrogens with two attached hydrogens (primary N) is 2. The lowest BCUT2D eigenvalue weighted by Crippen LogP contribution is -2.66. The Hall–Kier alpha value is -1.85. The first kappa shape index (κ1) is 21.5. The Morgan fingerprint density at radius 3 is 2.37 bits per heavy atom. The third-order valence-corrected chi connectivity index (χ3v) is 4.43. The number of rotatable bonds is 5. The van der Waals surface area contributed by atoms with Crippen LogP contribution in [0.1, 0.15) is 18.4 Å². The fraction of sp³-hybridized carbons (Fsp3) is 0.562. The molecule has 11 heteroatoms. The molecule has 4 N–H and O–H groups in total. The zero-order valence-corrected chi connectivity index (χ0v) is 14.3. The van der Waals surface area contributed by atoms with Crippen LogP contribution in [0.5, 0.6) is 0 Å². The quantitative estimate of drug-likeness (QED) is 0.585. The number of amides is 1. The zero-order valence-electron chi connectivity index (χ0n) is 14.3. The molecule has 27 heavy (non-hydrogen) atoms. The second-order valence-corrected chi connectivity index (χ2v) is 6.34. The molecular weight excluding hydrogens is 378 g/mol. The van der Waals surface area contributed by atoms with Crippen molar-refractivity contribution in [3.8, 4) is 0 Å². The normalized spacial score (nSPS) is 20.0. The van der Waals surface area contributed by atoms with Gasteiger partial charge in [-0.1, -0.05) is 0 Å². The summed E-state index contributed by atoms with van der Waals surface area (Å²) in [5, 5.41) is 0. The predicted octanol–water partition coefficient (Wildman–Crippen LogP) is 1.70. The van der Waals surface area contributed by atoms with Gasteiger partial charge in [0.25, 0.3) is 0 Å². The third kappa shape index (κ3) is 5.33. The van der Waals surface area contributed by atoms with Crippen LogP contribution >= 0.6 is 0 Å². The summed E-state index contributed by atoms with van der Waals surface area (Å²) in [5.41, 5.74) is 10.8. The molecule has 1 aromatic rings. The van der Waals surface area contributed by atoms with Gasteiger partial charge in [0.05, 0.1) is 6.17 Å². The van der Waals surface area contributed by atoms with Gasteiger partial charge in [0.1, 0.15) is 5.82 Å². The lowest BCUT2D eigenvalue weighted by molar-refractivity contribution is -0.193. The topological polar surface area (TPSA) is 75.6 Å². The highest BCUT2D eigenvalue weighted by atomic mass is 19.4. The van der Waals surface area contributed by atoms with Crippen molar-refractivity contribution in [1.82, 2.24) is 9.80 Å². The molecule has 1 aliphatic rings. The standard InChI is InChI=1S/C16H20F6N4O/c17-10-7-12(19)11(18)6-9(10)2-1-3-14(27)25-4-5-26(13(23)8-25)15(24)16(20,21)22/h6-7,13,15H,1-5,8,23-24H2. The maximum absolute atomic E-state index is 13.5. The molecule has 0 spiro atoms. The second-order valence-electron chi connectivity index (χ2n) is 6.34. The van der Waals surface area contributed by atoms with Crippen molar-refractivity contribution in [3.63, 3.8) is 0 Å². The number of halogens is 6. The largest absolute Gasteiger partial charge is 0.417 e. The molecular formula is C16H20F6N4O. The Morgan fingerprint density at radius 1 is 1.15 bits per heavy atom. The number of hydrogen-bond donors (Lipinski definition) is 2. The summed E-state index contributed by atoms with van der Waals surface area (Å²) in [7, 11) is 0. The molecule has 1 heterocycles. The summed E-state index contributed by atoms with van der Waals surface area (Å²) < 4.78 is 77.6. The van der Waals surface area contributed by atoms with E-state index in [9.17, 15) is 31.1 Å². The molecule has 2 atom stereocenters. The van der Waals surface area contributed by atoms with Crippen molar-refractivity contribution in [3.05, 3.63) is 35.1 Å². The van der Waals surface area contributed by atoms with Crippen LogP contribution in [0.2, 0.25) is 0 Å². The number of aryl methyl sites for hydroxylation is 1. The van der Waals surface area contributed by atoms with E-state index < -0.39 is 36.0 Å². The minimum atomic E-state index is -4.63. The molecule has 152 valence electrons. The van der Waals surface area contributed by atoms with Crippen LogP contribution in [0, 0.1) is 17.5 Å². The SMILES string of the molecule is NC1CN(C(=O)CCCc2cc(F)c(F)cc2F)CCN1C(N)C(F)(F)F. The van der Waals surface area contributed by atoms with Crippen LogP contribution in [0.4, 0.5) is 26.3 Å². The van der Waals surface area contributed by atoms with E-state index in [4.69, 9.17) is 11.5 Å². The maximum atomic E-state index is 13.5. The van der Waals surface area contributed by atoms with Crippen LogP contribution < -0.4 is 11.5 Å². The lowest BCUT2D eigenvalue weighted by atomic mass is 10.1. The highest BCUT2D eigenvalue weighted by Gasteiger charge is 2.44. The Morgan fingerprint density at radius 2 is 1.78 bits per heavy atom. The summed E-state index contributed by atoms with van der Waals surface area (Å²) in [5.74, 6) is -3.75. The molecule has 2 rings (SSSR count). The molecule has 0 radical (unpaired) electrons. The van der Waals surface area contributed by atoms with Crippen molar-refractivity contribution < 1.29 is 31.1 Å². The predicted molar refractivity (Wildman–Crippen MR) is 84.5 cm³/mol. The third-order valence-electron chi connectivity index (χ3n) is 4.43. The van der Waals surface area contributed by atoms with E-state index in [-0.39, 0.29) is 50.4 Å². The fourth-order valence-electron chi connectivity index (χ4n) is 2.93. The fourth-order valence-corrected chi connectivity index (χ4v) is 2.93. The van der Waals surface area contributed by atoms with Crippen LogP contribution in [-0.4, -0.2) is 53.8 Å². The molecule has 1 aromatic carbocycles. The first-order valence-electron chi connectivity index (χ1n) is 8.25. The Balaban J connectivity index is 1.85. The molecule has 0 aliphatic carbocycles. The van der Waals surface area contributed by atoms with Crippen molar-refractivity contribution >= 4 is 5.91 Å². The van der Waals surface area contributed by atoms with E-state index >= 15 is 0 Å². The number of alkyl halides is 3. The number of carbonyl (C=O) groups is 1. The van der Waals surface area contributed by atoms with Crippen LogP contribution in [0.25, 0.3) is 0 Å². The molecule has 0 saturated carbocycles. The molecule has 0 bridgehead atoms. The second kappa shape index (κ2) is 8.44. The average Bonchev–Trinajstić information content (AvgIpc) is 2.57. The summed E-state index contributed by atoms with van der Waals surface area (Å²) >= 11 is 0. The lowest BCUT2D eigenvalue weighted by Gasteiger charge is -2.42. The van der Waals surface area contributed by atoms with E-state index in [2.05, 4.69) is 0 Å². The van der Waals surface area contributed by atoms with E-state index in [0.29, 0.717) is 6.07 Å².